The summed E-state index contributed by atoms with van der Waals surface area (Å²) in [5.74, 6) is -2.22. The number of aliphatic carboxylic acids is 2. The second-order valence-corrected chi connectivity index (χ2v) is 3.82. The summed E-state index contributed by atoms with van der Waals surface area (Å²) in [6.07, 6.45) is 0.422. The molecule has 0 saturated heterocycles. The van der Waals surface area contributed by atoms with Crippen LogP contribution in [0.5, 0.6) is 0 Å². The van der Waals surface area contributed by atoms with Gasteiger partial charge in [0.05, 0.1) is 6.42 Å². The minimum atomic E-state index is -1.12. The van der Waals surface area contributed by atoms with Gasteiger partial charge >= 0.3 is 11.9 Å². The summed E-state index contributed by atoms with van der Waals surface area (Å²) in [5, 5.41) is 20.1. The molecule has 0 fully saturated rings. The van der Waals surface area contributed by atoms with Gasteiger partial charge in [0.15, 0.2) is 0 Å². The summed E-state index contributed by atoms with van der Waals surface area (Å²) < 4.78 is 0. The Balaban J connectivity index is 3.82. The first-order valence-corrected chi connectivity index (χ1v) is 5.91. The van der Waals surface area contributed by atoms with Crippen molar-refractivity contribution < 1.29 is 19.8 Å². The first-order valence-electron chi connectivity index (χ1n) is 5.91. The second-order valence-electron chi connectivity index (χ2n) is 3.82. The van der Waals surface area contributed by atoms with E-state index in [-0.39, 0.29) is 6.42 Å². The Morgan fingerprint density at radius 3 is 2.24 bits per heavy atom. The molecule has 17 heavy (non-hydrogen) atoms. The van der Waals surface area contributed by atoms with E-state index in [1.807, 2.05) is 0 Å². The highest BCUT2D eigenvalue weighted by Crippen LogP contribution is 1.94. The van der Waals surface area contributed by atoms with E-state index in [2.05, 4.69) is 24.1 Å². The predicted molar refractivity (Wildman–Crippen MR) is 64.1 cm³/mol. The molecule has 0 bridgehead atoms. The number of carbonyl (C=O) groups is 2. The smallest absolute Gasteiger partial charge is 0.321 e. The quantitative estimate of drug-likeness (QED) is 0.478. The van der Waals surface area contributed by atoms with Crippen LogP contribution in [0.2, 0.25) is 0 Å². The fourth-order valence-corrected chi connectivity index (χ4v) is 1.54. The van der Waals surface area contributed by atoms with Crippen LogP contribution in [-0.2, 0) is 9.59 Å². The molecule has 0 aliphatic carbocycles. The second kappa shape index (κ2) is 8.95. The lowest BCUT2D eigenvalue weighted by Gasteiger charge is -2.18. The lowest BCUT2D eigenvalue weighted by atomic mass is 10.2. The number of carboxylic acids is 2. The van der Waals surface area contributed by atoms with Gasteiger partial charge in [-0.1, -0.05) is 13.8 Å². The fourth-order valence-electron chi connectivity index (χ4n) is 1.54. The third-order valence-corrected chi connectivity index (χ3v) is 2.61. The van der Waals surface area contributed by atoms with Crippen molar-refractivity contribution in [3.05, 3.63) is 0 Å². The maximum absolute atomic E-state index is 10.7. The van der Waals surface area contributed by atoms with Gasteiger partial charge in [-0.3, -0.25) is 9.59 Å². The van der Waals surface area contributed by atoms with E-state index in [1.54, 1.807) is 0 Å². The first-order chi connectivity index (χ1) is 8.01. The zero-order chi connectivity index (χ0) is 13.3. The Bertz CT molecular complexity index is 242. The molecule has 0 heterocycles. The topological polar surface area (TPSA) is 89.9 Å². The molecule has 0 aromatic carbocycles. The van der Waals surface area contributed by atoms with Gasteiger partial charge in [-0.05, 0) is 32.6 Å². The van der Waals surface area contributed by atoms with Crippen molar-refractivity contribution in [2.45, 2.75) is 32.7 Å². The average Bonchev–Trinajstić information content (AvgIpc) is 2.27. The molecule has 0 rings (SSSR count). The molecule has 0 aromatic heterocycles. The van der Waals surface area contributed by atoms with Crippen molar-refractivity contribution in [2.75, 3.05) is 26.2 Å². The van der Waals surface area contributed by atoms with E-state index in [1.165, 1.54) is 0 Å². The minimum Gasteiger partial charge on any atom is -0.481 e. The van der Waals surface area contributed by atoms with Gasteiger partial charge in [-0.15, -0.1) is 0 Å². The third kappa shape index (κ3) is 7.70. The number of carboxylic acid groups (broad SMARTS) is 2. The third-order valence-electron chi connectivity index (χ3n) is 2.61. The van der Waals surface area contributed by atoms with Crippen LogP contribution in [0.3, 0.4) is 0 Å². The van der Waals surface area contributed by atoms with Crippen LogP contribution in [0.1, 0.15) is 26.7 Å². The van der Waals surface area contributed by atoms with Gasteiger partial charge in [0.25, 0.3) is 0 Å². The van der Waals surface area contributed by atoms with Crippen LogP contribution in [-0.4, -0.2) is 59.3 Å². The van der Waals surface area contributed by atoms with E-state index in [9.17, 15) is 9.59 Å². The van der Waals surface area contributed by atoms with Crippen molar-refractivity contribution in [1.29, 1.82) is 0 Å². The van der Waals surface area contributed by atoms with Crippen LogP contribution >= 0.6 is 0 Å². The molecule has 0 aromatic rings. The Morgan fingerprint density at radius 1 is 1.24 bits per heavy atom. The molecule has 6 nitrogen and oxygen atoms in total. The van der Waals surface area contributed by atoms with Crippen LogP contribution in [0.25, 0.3) is 0 Å². The Kier molecular flexibility index (Phi) is 8.35. The molecule has 1 unspecified atom stereocenters. The van der Waals surface area contributed by atoms with Crippen LogP contribution < -0.4 is 5.32 Å². The van der Waals surface area contributed by atoms with Crippen molar-refractivity contribution in [1.82, 2.24) is 10.2 Å². The summed E-state index contributed by atoms with van der Waals surface area (Å²) >= 11 is 0. The normalized spacial score (nSPS) is 12.6. The predicted octanol–water partition coefficient (Wildman–Crippen LogP) is 0.236. The zero-order valence-electron chi connectivity index (χ0n) is 10.5. The highest BCUT2D eigenvalue weighted by atomic mass is 16.4. The van der Waals surface area contributed by atoms with E-state index in [4.69, 9.17) is 10.2 Å². The molecular formula is C11H22N2O4. The molecule has 3 N–H and O–H groups in total. The summed E-state index contributed by atoms with van der Waals surface area (Å²) in [5.41, 5.74) is 0. The van der Waals surface area contributed by atoms with Crippen molar-refractivity contribution in [2.24, 2.45) is 0 Å². The Hall–Kier alpha value is -1.14. The van der Waals surface area contributed by atoms with E-state index in [0.29, 0.717) is 6.54 Å². The van der Waals surface area contributed by atoms with Crippen molar-refractivity contribution in [3.8, 4) is 0 Å². The molecule has 1 atom stereocenters. The molecule has 0 aliphatic heterocycles. The fraction of sp³-hybridized carbons (Fsp3) is 0.818. The lowest BCUT2D eigenvalue weighted by Crippen LogP contribution is -2.40. The van der Waals surface area contributed by atoms with E-state index < -0.39 is 18.0 Å². The number of nitrogens with one attached hydrogen (secondary N) is 1. The number of hydrogen-bond donors (Lipinski definition) is 3. The standard InChI is InChI=1S/C11H22N2O4/c1-3-13(4-2)7-5-6-12-9(11(16)17)8-10(14)15/h9,12H,3-8H2,1-2H3,(H,14,15)(H,16,17). The van der Waals surface area contributed by atoms with Crippen LogP contribution in [0.15, 0.2) is 0 Å². The van der Waals surface area contributed by atoms with E-state index >= 15 is 0 Å². The molecule has 0 aliphatic rings. The molecule has 100 valence electrons. The summed E-state index contributed by atoms with van der Waals surface area (Å²) in [6, 6.07) is -0.996. The van der Waals surface area contributed by atoms with Gasteiger partial charge in [-0.2, -0.15) is 0 Å². The van der Waals surface area contributed by atoms with Gasteiger partial charge < -0.3 is 20.4 Å². The van der Waals surface area contributed by atoms with Crippen LogP contribution in [0, 0.1) is 0 Å². The monoisotopic (exact) mass is 246 g/mol. The zero-order valence-corrected chi connectivity index (χ0v) is 10.5. The van der Waals surface area contributed by atoms with Crippen LogP contribution in [0.4, 0.5) is 0 Å². The number of rotatable bonds is 10. The van der Waals surface area contributed by atoms with Gasteiger partial charge in [-0.25, -0.2) is 0 Å². The molecular weight excluding hydrogens is 224 g/mol. The maximum Gasteiger partial charge on any atom is 0.321 e. The molecule has 0 saturated carbocycles. The summed E-state index contributed by atoms with van der Waals surface area (Å²) in [4.78, 5) is 23.4. The molecule has 0 amide bonds. The molecule has 0 spiro atoms. The van der Waals surface area contributed by atoms with Crippen molar-refractivity contribution in [3.63, 3.8) is 0 Å². The Morgan fingerprint density at radius 2 is 1.82 bits per heavy atom. The lowest BCUT2D eigenvalue weighted by molar-refractivity contribution is -0.145. The highest BCUT2D eigenvalue weighted by Gasteiger charge is 2.19. The summed E-state index contributed by atoms with van der Waals surface area (Å²) in [6.45, 7) is 7.48. The van der Waals surface area contributed by atoms with Gasteiger partial charge in [0, 0.05) is 0 Å². The van der Waals surface area contributed by atoms with Gasteiger partial charge in [0.1, 0.15) is 6.04 Å². The Labute approximate surface area is 102 Å². The highest BCUT2D eigenvalue weighted by molar-refractivity contribution is 5.80. The molecule has 6 heteroatoms. The average molecular weight is 246 g/mol. The summed E-state index contributed by atoms with van der Waals surface area (Å²) in [7, 11) is 0. The number of nitrogens with zero attached hydrogens (tertiary/aromatic N) is 1. The number of hydrogen-bond acceptors (Lipinski definition) is 4. The largest absolute Gasteiger partial charge is 0.481 e. The minimum absolute atomic E-state index is 0.388. The molecule has 0 radical (unpaired) electrons. The SMILES string of the molecule is CCN(CC)CCCNC(CC(=O)O)C(=O)O. The van der Waals surface area contributed by atoms with Crippen molar-refractivity contribution >= 4 is 11.9 Å². The van der Waals surface area contributed by atoms with Gasteiger partial charge in [0.2, 0.25) is 0 Å². The maximum atomic E-state index is 10.7. The first kappa shape index (κ1) is 15.9. The van der Waals surface area contributed by atoms with E-state index in [0.717, 1.165) is 26.1 Å².